The van der Waals surface area contributed by atoms with Crippen LogP contribution in [0.1, 0.15) is 19.8 Å². The number of carboxylic acid groups (broad SMARTS) is 1. The third-order valence-corrected chi connectivity index (χ3v) is 6.57. The Balaban J connectivity index is 1.84. The van der Waals surface area contributed by atoms with Gasteiger partial charge >= 0.3 is 5.97 Å². The first-order valence-corrected chi connectivity index (χ1v) is 10.9. The van der Waals surface area contributed by atoms with Crippen LogP contribution in [0, 0.1) is 5.92 Å². The molecule has 1 fully saturated rings. The maximum atomic E-state index is 11.2. The molecule has 6 nitrogen and oxygen atoms in total. The molecule has 148 valence electrons. The summed E-state index contributed by atoms with van der Waals surface area (Å²) in [4.78, 5) is 13.9. The van der Waals surface area contributed by atoms with E-state index in [-0.39, 0.29) is 11.7 Å². The Morgan fingerprint density at radius 3 is 2.57 bits per heavy atom. The van der Waals surface area contributed by atoms with Gasteiger partial charge in [0, 0.05) is 29.2 Å². The van der Waals surface area contributed by atoms with E-state index in [9.17, 15) is 15.0 Å². The van der Waals surface area contributed by atoms with Gasteiger partial charge in [0.2, 0.25) is 0 Å². The first-order chi connectivity index (χ1) is 13.4. The molecule has 0 atom stereocenters. The fraction of sp³-hybridized carbons (Fsp3) is 0.316. The fourth-order valence-electron chi connectivity index (χ4n) is 3.08. The molecule has 2 N–H and O–H groups in total. The Bertz CT molecular complexity index is 890. The van der Waals surface area contributed by atoms with Crippen LogP contribution in [0.3, 0.4) is 0 Å². The average molecular weight is 482 g/mol. The highest BCUT2D eigenvalue weighted by molar-refractivity contribution is 9.10. The molecule has 0 amide bonds. The number of carboxylic acids is 1. The lowest BCUT2D eigenvalue weighted by Crippen LogP contribution is -2.45. The predicted molar refractivity (Wildman–Crippen MR) is 120 cm³/mol. The Labute approximate surface area is 181 Å². The molecule has 1 aromatic carbocycles. The maximum absolute atomic E-state index is 11.2. The molecule has 0 saturated carbocycles. The van der Waals surface area contributed by atoms with E-state index in [2.05, 4.69) is 21.0 Å². The number of carbonyl (C=O) groups is 1. The quantitative estimate of drug-likeness (QED) is 0.371. The lowest BCUT2D eigenvalue weighted by molar-refractivity contribution is -0.143. The van der Waals surface area contributed by atoms with Gasteiger partial charge in [-0.2, -0.15) is 5.10 Å². The van der Waals surface area contributed by atoms with Crippen molar-refractivity contribution in [3.8, 4) is 16.2 Å². The van der Waals surface area contributed by atoms with Gasteiger partial charge in [-0.1, -0.05) is 28.1 Å². The number of hydrazone groups is 1. The number of nitrogens with zero attached hydrogens (tertiary/aromatic N) is 3. The number of piperidine rings is 1. The topological polar surface area (TPSA) is 76.4 Å². The van der Waals surface area contributed by atoms with E-state index < -0.39 is 5.97 Å². The van der Waals surface area contributed by atoms with Gasteiger partial charge in [0.25, 0.3) is 0 Å². The van der Waals surface area contributed by atoms with Crippen LogP contribution >= 0.6 is 39.5 Å². The van der Waals surface area contributed by atoms with Crippen molar-refractivity contribution < 1.29 is 15.0 Å². The molecular formula is C19H20BrN3O3S2. The minimum Gasteiger partial charge on any atom is -0.504 e. The Kier molecular flexibility index (Phi) is 6.69. The summed E-state index contributed by atoms with van der Waals surface area (Å²) < 4.78 is 0.968. The van der Waals surface area contributed by atoms with Crippen LogP contribution in [0.5, 0.6) is 5.75 Å². The van der Waals surface area contributed by atoms with Crippen LogP contribution in [0.2, 0.25) is 0 Å². The zero-order chi connectivity index (χ0) is 20.3. The first kappa shape index (κ1) is 20.8. The summed E-state index contributed by atoms with van der Waals surface area (Å²) in [7, 11) is 0. The smallest absolute Gasteiger partial charge is 0.306 e. The Hall–Kier alpha value is -1.97. The lowest BCUT2D eigenvalue weighted by atomic mass is 9.97. The van der Waals surface area contributed by atoms with Gasteiger partial charge < -0.3 is 15.1 Å². The van der Waals surface area contributed by atoms with E-state index in [1.165, 1.54) is 11.3 Å². The Morgan fingerprint density at radius 1 is 1.36 bits per heavy atom. The highest BCUT2D eigenvalue weighted by Crippen LogP contribution is 2.44. The van der Waals surface area contributed by atoms with Gasteiger partial charge in [0.1, 0.15) is 5.69 Å². The molecule has 1 saturated heterocycles. The molecule has 28 heavy (non-hydrogen) atoms. The van der Waals surface area contributed by atoms with E-state index in [1.54, 1.807) is 18.1 Å². The van der Waals surface area contributed by atoms with Crippen LogP contribution in [0.15, 0.2) is 39.2 Å². The van der Waals surface area contributed by atoms with Gasteiger partial charge in [0.05, 0.1) is 10.8 Å². The third-order valence-electron chi connectivity index (χ3n) is 4.61. The molecule has 1 aliphatic rings. The van der Waals surface area contributed by atoms with E-state index in [1.807, 2.05) is 34.5 Å². The molecular weight excluding hydrogens is 462 g/mol. The monoisotopic (exact) mass is 481 g/mol. The molecule has 0 aliphatic carbocycles. The standard InChI is InChI=1S/C19H20BrN3O3S2/c1-2-21-23(19(27)22-9-7-13(8-10-22)18(25)26)15-11-28-17(16(15)24)12-3-5-14(20)6-4-12/h2-6,11,13,24H,7-10H2,1H3,(H,25,26)/b21-2+. The minimum atomic E-state index is -0.761. The van der Waals surface area contributed by atoms with Crippen LogP contribution < -0.4 is 5.01 Å². The van der Waals surface area contributed by atoms with Crippen LogP contribution in [0.25, 0.3) is 10.4 Å². The van der Waals surface area contributed by atoms with E-state index in [0.717, 1.165) is 14.9 Å². The van der Waals surface area contributed by atoms with Gasteiger partial charge in [-0.3, -0.25) is 4.79 Å². The van der Waals surface area contributed by atoms with Crippen molar-refractivity contribution in [3.05, 3.63) is 34.1 Å². The number of aromatic hydroxyl groups is 1. The summed E-state index contributed by atoms with van der Waals surface area (Å²) in [5, 5.41) is 28.2. The minimum absolute atomic E-state index is 0.126. The first-order valence-electron chi connectivity index (χ1n) is 8.79. The number of hydrogen-bond donors (Lipinski definition) is 2. The Morgan fingerprint density at radius 2 is 2.00 bits per heavy atom. The van der Waals surface area contributed by atoms with E-state index in [0.29, 0.717) is 36.7 Å². The lowest BCUT2D eigenvalue weighted by Gasteiger charge is -2.35. The van der Waals surface area contributed by atoms with E-state index in [4.69, 9.17) is 12.2 Å². The highest BCUT2D eigenvalue weighted by Gasteiger charge is 2.29. The molecule has 0 unspecified atom stereocenters. The second kappa shape index (κ2) is 9.02. The second-order valence-corrected chi connectivity index (χ2v) is 8.53. The molecule has 1 aliphatic heterocycles. The number of aliphatic carboxylic acids is 1. The fourth-order valence-corrected chi connectivity index (χ4v) is 4.60. The number of rotatable bonds is 4. The SMILES string of the molecule is C/C=N/N(C(=S)N1CCC(C(=O)O)CC1)c1csc(-c2ccc(Br)cc2)c1O. The van der Waals surface area contributed by atoms with Gasteiger partial charge in [-0.25, -0.2) is 5.01 Å². The zero-order valence-electron chi connectivity index (χ0n) is 15.2. The van der Waals surface area contributed by atoms with Crippen molar-refractivity contribution in [1.29, 1.82) is 0 Å². The van der Waals surface area contributed by atoms with Crippen molar-refractivity contribution >= 4 is 62.5 Å². The molecule has 0 spiro atoms. The van der Waals surface area contributed by atoms with Crippen molar-refractivity contribution in [2.45, 2.75) is 19.8 Å². The number of anilines is 1. The number of hydrogen-bond acceptors (Lipinski definition) is 5. The van der Waals surface area contributed by atoms with Crippen molar-refractivity contribution in [1.82, 2.24) is 4.90 Å². The third kappa shape index (κ3) is 4.37. The van der Waals surface area contributed by atoms with Crippen molar-refractivity contribution in [2.75, 3.05) is 18.1 Å². The van der Waals surface area contributed by atoms with Gasteiger partial charge in [-0.05, 0) is 49.7 Å². The number of thiophene rings is 1. The van der Waals surface area contributed by atoms with Crippen LogP contribution in [-0.2, 0) is 4.79 Å². The average Bonchev–Trinajstić information content (AvgIpc) is 3.07. The maximum Gasteiger partial charge on any atom is 0.306 e. The molecule has 3 rings (SSSR count). The summed E-state index contributed by atoms with van der Waals surface area (Å²) in [6, 6.07) is 7.71. The molecule has 0 bridgehead atoms. The zero-order valence-corrected chi connectivity index (χ0v) is 18.4. The molecule has 9 heteroatoms. The molecule has 0 radical (unpaired) electrons. The van der Waals surface area contributed by atoms with Crippen molar-refractivity contribution in [3.63, 3.8) is 0 Å². The summed E-state index contributed by atoms with van der Waals surface area (Å²) in [5.41, 5.74) is 1.43. The number of halogens is 1. The van der Waals surface area contributed by atoms with E-state index >= 15 is 0 Å². The molecule has 2 heterocycles. The summed E-state index contributed by atoms with van der Waals surface area (Å²) in [6.07, 6.45) is 2.70. The number of benzene rings is 1. The highest BCUT2D eigenvalue weighted by atomic mass is 79.9. The molecule has 2 aromatic rings. The second-order valence-electron chi connectivity index (χ2n) is 6.37. The summed E-state index contributed by atoms with van der Waals surface area (Å²) in [5.74, 6) is -0.968. The molecule has 1 aromatic heterocycles. The van der Waals surface area contributed by atoms with Crippen molar-refractivity contribution in [2.24, 2.45) is 11.0 Å². The van der Waals surface area contributed by atoms with Crippen LogP contribution in [0.4, 0.5) is 5.69 Å². The summed E-state index contributed by atoms with van der Waals surface area (Å²) >= 11 is 10.5. The largest absolute Gasteiger partial charge is 0.504 e. The van der Waals surface area contributed by atoms with Gasteiger partial charge in [0.15, 0.2) is 10.9 Å². The summed E-state index contributed by atoms with van der Waals surface area (Å²) in [6.45, 7) is 2.89. The van der Waals surface area contributed by atoms with Crippen LogP contribution in [-0.4, -0.2) is 45.5 Å². The van der Waals surface area contributed by atoms with Gasteiger partial charge in [-0.15, -0.1) is 11.3 Å². The normalized spacial score (nSPS) is 15.1. The predicted octanol–water partition coefficient (Wildman–Crippen LogP) is 4.78. The number of likely N-dealkylation sites (tertiary alicyclic amines) is 1. The number of thiocarbonyl (C=S) groups is 1.